The molecule has 0 aromatic heterocycles. The number of urea groups is 1. The summed E-state index contributed by atoms with van der Waals surface area (Å²) in [7, 11) is 0. The molecule has 3 aliphatic rings. The quantitative estimate of drug-likeness (QED) is 0.755. The van der Waals surface area contributed by atoms with Crippen molar-refractivity contribution in [2.24, 2.45) is 11.8 Å². The van der Waals surface area contributed by atoms with Gasteiger partial charge in [-0.3, -0.25) is 0 Å². The van der Waals surface area contributed by atoms with Crippen LogP contribution >= 0.6 is 0 Å². The number of aliphatic hydroxyl groups excluding tert-OH is 1. The van der Waals surface area contributed by atoms with Crippen LogP contribution in [-0.2, 0) is 11.8 Å². The number of hydrogen-bond acceptors (Lipinski definition) is 2. The van der Waals surface area contributed by atoms with Gasteiger partial charge in [-0.15, -0.1) is 0 Å². The summed E-state index contributed by atoms with van der Waals surface area (Å²) in [5.74, 6) is 1.15. The van der Waals surface area contributed by atoms with E-state index in [2.05, 4.69) is 34.9 Å². The van der Waals surface area contributed by atoms with Gasteiger partial charge in [0.1, 0.15) is 0 Å². The van der Waals surface area contributed by atoms with Crippen LogP contribution in [-0.4, -0.2) is 30.3 Å². The second-order valence-corrected chi connectivity index (χ2v) is 7.52. The number of benzene rings is 1. The molecule has 124 valence electrons. The van der Waals surface area contributed by atoms with E-state index in [9.17, 15) is 4.79 Å². The summed E-state index contributed by atoms with van der Waals surface area (Å²) in [5.41, 5.74) is 3.35. The maximum Gasteiger partial charge on any atom is 0.315 e. The molecule has 3 N–H and O–H groups in total. The molecule has 4 nitrogen and oxygen atoms in total. The molecule has 4 heteroatoms. The number of aryl methyl sites for hydroxylation is 1. The smallest absolute Gasteiger partial charge is 0.315 e. The van der Waals surface area contributed by atoms with Crippen LogP contribution < -0.4 is 10.6 Å². The minimum Gasteiger partial charge on any atom is -0.396 e. The van der Waals surface area contributed by atoms with Gasteiger partial charge in [-0.1, -0.05) is 24.3 Å². The SMILES string of the molecule is O=C(NC[C@@H]1C[C@@]12CCc1ccccc12)N[C@@H](CCO)C1CC1. The summed E-state index contributed by atoms with van der Waals surface area (Å²) in [4.78, 5) is 12.1. The first-order chi connectivity index (χ1) is 11.2. The summed E-state index contributed by atoms with van der Waals surface area (Å²) in [6.45, 7) is 0.903. The van der Waals surface area contributed by atoms with Crippen LogP contribution in [0.4, 0.5) is 4.79 Å². The minimum absolute atomic E-state index is 0.0660. The normalized spacial score (nSPS) is 29.2. The summed E-state index contributed by atoms with van der Waals surface area (Å²) >= 11 is 0. The highest BCUT2D eigenvalue weighted by molar-refractivity contribution is 5.74. The van der Waals surface area contributed by atoms with E-state index in [0.717, 1.165) is 6.54 Å². The van der Waals surface area contributed by atoms with E-state index in [0.29, 0.717) is 23.7 Å². The predicted octanol–water partition coefficient (Wildman–Crippen LogP) is 2.35. The van der Waals surface area contributed by atoms with E-state index >= 15 is 0 Å². The van der Waals surface area contributed by atoms with Crippen LogP contribution in [0.25, 0.3) is 0 Å². The highest BCUT2D eigenvalue weighted by Crippen LogP contribution is 2.61. The molecule has 0 unspecified atom stereocenters. The van der Waals surface area contributed by atoms with E-state index in [1.807, 2.05) is 0 Å². The monoisotopic (exact) mass is 314 g/mol. The van der Waals surface area contributed by atoms with Gasteiger partial charge in [0, 0.05) is 24.6 Å². The summed E-state index contributed by atoms with van der Waals surface area (Å²) < 4.78 is 0. The van der Waals surface area contributed by atoms with Crippen LogP contribution in [0.2, 0.25) is 0 Å². The molecule has 2 saturated carbocycles. The average Bonchev–Trinajstić information content (AvgIpc) is 3.45. The number of aliphatic hydroxyl groups is 1. The van der Waals surface area contributed by atoms with Gasteiger partial charge in [0.15, 0.2) is 0 Å². The first-order valence-electron chi connectivity index (χ1n) is 8.96. The molecule has 2 fully saturated rings. The van der Waals surface area contributed by atoms with Gasteiger partial charge in [0.2, 0.25) is 0 Å². The van der Waals surface area contributed by atoms with Crippen LogP contribution in [0.1, 0.15) is 43.2 Å². The van der Waals surface area contributed by atoms with Gasteiger partial charge >= 0.3 is 6.03 Å². The highest BCUT2D eigenvalue weighted by atomic mass is 16.3. The Bertz CT molecular complexity index is 599. The van der Waals surface area contributed by atoms with Crippen molar-refractivity contribution in [3.05, 3.63) is 35.4 Å². The number of carbonyl (C=O) groups is 1. The van der Waals surface area contributed by atoms with Crippen molar-refractivity contribution in [3.8, 4) is 0 Å². The van der Waals surface area contributed by atoms with Crippen LogP contribution in [0.5, 0.6) is 0 Å². The van der Waals surface area contributed by atoms with E-state index in [4.69, 9.17) is 5.11 Å². The second-order valence-electron chi connectivity index (χ2n) is 7.52. The first kappa shape index (κ1) is 15.0. The molecule has 3 aliphatic carbocycles. The molecule has 1 aromatic rings. The lowest BCUT2D eigenvalue weighted by molar-refractivity contribution is 0.224. The topological polar surface area (TPSA) is 61.4 Å². The standard InChI is InChI=1S/C19H26N2O2/c22-10-8-17(14-5-6-14)21-18(23)20-12-15-11-19(15)9-7-13-3-1-2-4-16(13)19/h1-4,14-15,17,22H,5-12H2,(H2,20,21,23)/t15-,17-,19-/m0/s1. The molecule has 4 rings (SSSR count). The number of hydrogen-bond donors (Lipinski definition) is 3. The number of fused-ring (bicyclic) bond motifs is 2. The number of rotatable bonds is 6. The fourth-order valence-electron chi connectivity index (χ4n) is 4.50. The third-order valence-corrected chi connectivity index (χ3v) is 6.08. The van der Waals surface area contributed by atoms with Gasteiger partial charge in [-0.2, -0.15) is 0 Å². The Morgan fingerprint density at radius 2 is 2.17 bits per heavy atom. The lowest BCUT2D eigenvalue weighted by Gasteiger charge is -2.18. The molecule has 0 radical (unpaired) electrons. The lowest BCUT2D eigenvalue weighted by atomic mass is 9.95. The fourth-order valence-corrected chi connectivity index (χ4v) is 4.50. The van der Waals surface area contributed by atoms with Gasteiger partial charge in [0.25, 0.3) is 0 Å². The van der Waals surface area contributed by atoms with Crippen molar-refractivity contribution in [2.75, 3.05) is 13.2 Å². The zero-order chi connectivity index (χ0) is 15.9. The van der Waals surface area contributed by atoms with Crippen molar-refractivity contribution in [1.82, 2.24) is 10.6 Å². The van der Waals surface area contributed by atoms with Crippen molar-refractivity contribution < 1.29 is 9.90 Å². The molecule has 2 amide bonds. The average molecular weight is 314 g/mol. The van der Waals surface area contributed by atoms with Crippen molar-refractivity contribution in [3.63, 3.8) is 0 Å². The Labute approximate surface area is 137 Å². The number of nitrogens with one attached hydrogen (secondary N) is 2. The molecular formula is C19H26N2O2. The number of carbonyl (C=O) groups excluding carboxylic acids is 1. The first-order valence-corrected chi connectivity index (χ1v) is 8.96. The Kier molecular flexibility index (Phi) is 3.80. The maximum atomic E-state index is 12.1. The van der Waals surface area contributed by atoms with E-state index in [-0.39, 0.29) is 18.7 Å². The Morgan fingerprint density at radius 3 is 2.96 bits per heavy atom. The van der Waals surface area contributed by atoms with E-state index in [1.54, 1.807) is 0 Å². The molecule has 0 aliphatic heterocycles. The molecule has 0 saturated heterocycles. The van der Waals surface area contributed by atoms with E-state index in [1.165, 1.54) is 43.2 Å². The van der Waals surface area contributed by atoms with Gasteiger partial charge in [-0.05, 0) is 61.5 Å². The van der Waals surface area contributed by atoms with Crippen molar-refractivity contribution in [1.29, 1.82) is 0 Å². The predicted molar refractivity (Wildman–Crippen MR) is 89.3 cm³/mol. The molecule has 23 heavy (non-hydrogen) atoms. The maximum absolute atomic E-state index is 12.1. The molecule has 1 spiro atoms. The Balaban J connectivity index is 1.29. The summed E-state index contributed by atoms with van der Waals surface area (Å²) in [6, 6.07) is 8.85. The second kappa shape index (κ2) is 5.82. The molecule has 0 bridgehead atoms. The van der Waals surface area contributed by atoms with Gasteiger partial charge in [0.05, 0.1) is 0 Å². The van der Waals surface area contributed by atoms with Gasteiger partial charge < -0.3 is 15.7 Å². The van der Waals surface area contributed by atoms with Crippen LogP contribution in [0, 0.1) is 11.8 Å². The fraction of sp³-hybridized carbons (Fsp3) is 0.632. The zero-order valence-electron chi connectivity index (χ0n) is 13.6. The zero-order valence-corrected chi connectivity index (χ0v) is 13.6. The Hall–Kier alpha value is -1.55. The molecule has 3 atom stereocenters. The van der Waals surface area contributed by atoms with Crippen molar-refractivity contribution in [2.45, 2.75) is 50.0 Å². The Morgan fingerprint density at radius 1 is 1.35 bits per heavy atom. The van der Waals surface area contributed by atoms with Crippen molar-refractivity contribution >= 4 is 6.03 Å². The van der Waals surface area contributed by atoms with Crippen LogP contribution in [0.15, 0.2) is 24.3 Å². The molecule has 0 heterocycles. The van der Waals surface area contributed by atoms with Gasteiger partial charge in [-0.25, -0.2) is 4.79 Å². The molecular weight excluding hydrogens is 288 g/mol. The number of amides is 2. The minimum atomic E-state index is -0.0660. The third kappa shape index (κ3) is 2.85. The lowest BCUT2D eigenvalue weighted by Crippen LogP contribution is -2.44. The third-order valence-electron chi connectivity index (χ3n) is 6.08. The van der Waals surface area contributed by atoms with Crippen LogP contribution in [0.3, 0.4) is 0 Å². The molecule has 1 aromatic carbocycles. The highest BCUT2D eigenvalue weighted by Gasteiger charge is 2.57. The summed E-state index contributed by atoms with van der Waals surface area (Å²) in [6.07, 6.45) is 6.63. The largest absolute Gasteiger partial charge is 0.396 e. The summed E-state index contributed by atoms with van der Waals surface area (Å²) in [5, 5.41) is 15.2. The van der Waals surface area contributed by atoms with E-state index < -0.39 is 0 Å².